The van der Waals surface area contributed by atoms with Gasteiger partial charge in [-0.05, 0) is 19.1 Å². The van der Waals surface area contributed by atoms with E-state index < -0.39 is 24.4 Å². The van der Waals surface area contributed by atoms with Crippen LogP contribution in [-0.2, 0) is 23.7 Å². The predicted octanol–water partition coefficient (Wildman–Crippen LogP) is 1.05. The zero-order valence-electron chi connectivity index (χ0n) is 14.2. The fourth-order valence-corrected chi connectivity index (χ4v) is 3.74. The van der Waals surface area contributed by atoms with Gasteiger partial charge in [0.15, 0.2) is 6.29 Å². The number of ether oxygens (including phenoxy) is 5. The number of aliphatic hydroxyl groups excluding tert-OH is 1. The van der Waals surface area contributed by atoms with Crippen molar-refractivity contribution < 1.29 is 33.6 Å². The molecule has 1 aliphatic carbocycles. The smallest absolute Gasteiger partial charge is 0.312 e. The number of methoxy groups -OCH3 is 1. The molecular formula is C18H22O7. The molecule has 0 radical (unpaired) electrons. The molecule has 1 saturated carbocycles. The van der Waals surface area contributed by atoms with Crippen molar-refractivity contribution >= 4 is 5.97 Å². The highest BCUT2D eigenvalue weighted by atomic mass is 16.7. The van der Waals surface area contributed by atoms with Crippen molar-refractivity contribution in [2.24, 2.45) is 11.8 Å². The van der Waals surface area contributed by atoms with Crippen LogP contribution in [0.5, 0.6) is 5.75 Å². The van der Waals surface area contributed by atoms with E-state index in [1.165, 1.54) is 0 Å². The summed E-state index contributed by atoms with van der Waals surface area (Å²) in [5.41, 5.74) is 0.839. The van der Waals surface area contributed by atoms with E-state index in [9.17, 15) is 9.90 Å². The van der Waals surface area contributed by atoms with Crippen LogP contribution in [0.3, 0.4) is 0 Å². The summed E-state index contributed by atoms with van der Waals surface area (Å²) in [6, 6.07) is 7.38. The molecule has 2 saturated heterocycles. The van der Waals surface area contributed by atoms with Crippen molar-refractivity contribution in [3.05, 3.63) is 29.8 Å². The standard InChI is InChI=1S/C18H22O7/c1-3-22-17(20)13-12-14(19)15-11(24-16(12)13)8-23-18(25-15)9-4-6-10(21-2)7-5-9/h4-7,11-16,18-19H,3,8H2,1-2H3/t11-,12?,13?,14-,15-,16+,18?/m1/s1. The molecule has 25 heavy (non-hydrogen) atoms. The van der Waals surface area contributed by atoms with Crippen LogP contribution in [0.2, 0.25) is 0 Å². The van der Waals surface area contributed by atoms with E-state index in [1.807, 2.05) is 24.3 Å². The quantitative estimate of drug-likeness (QED) is 0.813. The van der Waals surface area contributed by atoms with Crippen molar-refractivity contribution in [2.75, 3.05) is 20.3 Å². The number of carbonyl (C=O) groups excluding carboxylic acids is 1. The lowest BCUT2D eigenvalue weighted by molar-refractivity contribution is -0.300. The van der Waals surface area contributed by atoms with Crippen molar-refractivity contribution in [3.63, 3.8) is 0 Å². The van der Waals surface area contributed by atoms with Gasteiger partial charge in [0, 0.05) is 11.5 Å². The number of aliphatic hydroxyl groups is 1. The Labute approximate surface area is 145 Å². The maximum Gasteiger partial charge on any atom is 0.312 e. The van der Waals surface area contributed by atoms with Crippen LogP contribution >= 0.6 is 0 Å². The normalized spacial score (nSPS) is 39.1. The van der Waals surface area contributed by atoms with Crippen LogP contribution in [0.4, 0.5) is 0 Å². The summed E-state index contributed by atoms with van der Waals surface area (Å²) in [7, 11) is 1.61. The lowest BCUT2D eigenvalue weighted by Gasteiger charge is -2.41. The van der Waals surface area contributed by atoms with Gasteiger partial charge in [0.1, 0.15) is 18.0 Å². The number of carbonyl (C=O) groups is 1. The lowest BCUT2D eigenvalue weighted by atomic mass is 9.99. The first-order valence-electron chi connectivity index (χ1n) is 8.55. The molecule has 0 aromatic heterocycles. The Bertz CT molecular complexity index is 631. The topological polar surface area (TPSA) is 83.5 Å². The van der Waals surface area contributed by atoms with Crippen LogP contribution < -0.4 is 4.74 Å². The summed E-state index contributed by atoms with van der Waals surface area (Å²) in [5.74, 6) is -0.252. The monoisotopic (exact) mass is 350 g/mol. The van der Waals surface area contributed by atoms with Gasteiger partial charge in [0.25, 0.3) is 0 Å². The number of esters is 1. The van der Waals surface area contributed by atoms with Gasteiger partial charge in [-0.3, -0.25) is 4.79 Å². The van der Waals surface area contributed by atoms with Crippen LogP contribution in [-0.4, -0.2) is 55.8 Å². The van der Waals surface area contributed by atoms with Crippen LogP contribution in [0.15, 0.2) is 24.3 Å². The van der Waals surface area contributed by atoms with Gasteiger partial charge >= 0.3 is 5.97 Å². The molecule has 3 aliphatic rings. The third kappa shape index (κ3) is 2.91. The summed E-state index contributed by atoms with van der Waals surface area (Å²) in [6.45, 7) is 2.38. The fraction of sp³-hybridized carbons (Fsp3) is 0.611. The Morgan fingerprint density at radius 2 is 2.00 bits per heavy atom. The van der Waals surface area contributed by atoms with Gasteiger partial charge in [-0.2, -0.15) is 0 Å². The van der Waals surface area contributed by atoms with Gasteiger partial charge in [-0.1, -0.05) is 12.1 Å². The second-order valence-corrected chi connectivity index (χ2v) is 6.52. The third-order valence-electron chi connectivity index (χ3n) is 5.08. The van der Waals surface area contributed by atoms with E-state index in [0.717, 1.165) is 11.3 Å². The van der Waals surface area contributed by atoms with E-state index >= 15 is 0 Å². The molecule has 7 atom stereocenters. The SMILES string of the molecule is CCOC(=O)C1C2[C@@H]1O[C@@H]1COC(c3ccc(OC)cc3)O[C@H]1[C@@H]2O. The Balaban J connectivity index is 1.45. The van der Waals surface area contributed by atoms with Crippen LogP contribution in [0.25, 0.3) is 0 Å². The Morgan fingerprint density at radius 1 is 1.24 bits per heavy atom. The zero-order chi connectivity index (χ0) is 17.6. The number of benzene rings is 1. The molecule has 1 N–H and O–H groups in total. The molecule has 4 rings (SSSR count). The first-order chi connectivity index (χ1) is 12.1. The molecule has 0 bridgehead atoms. The highest BCUT2D eigenvalue weighted by Gasteiger charge is 2.67. The molecule has 7 nitrogen and oxygen atoms in total. The molecular weight excluding hydrogens is 328 g/mol. The van der Waals surface area contributed by atoms with Crippen molar-refractivity contribution in [1.82, 2.24) is 0 Å². The summed E-state index contributed by atoms with van der Waals surface area (Å²) in [6.07, 6.45) is -2.57. The highest BCUT2D eigenvalue weighted by Crippen LogP contribution is 2.52. The molecule has 136 valence electrons. The third-order valence-corrected chi connectivity index (χ3v) is 5.08. The van der Waals surface area contributed by atoms with Gasteiger partial charge in [-0.25, -0.2) is 0 Å². The number of rotatable bonds is 4. The lowest BCUT2D eigenvalue weighted by Crippen LogP contribution is -2.53. The number of hydrogen-bond acceptors (Lipinski definition) is 7. The first kappa shape index (κ1) is 16.8. The van der Waals surface area contributed by atoms with E-state index in [1.54, 1.807) is 14.0 Å². The molecule has 2 aliphatic heterocycles. The van der Waals surface area contributed by atoms with E-state index in [2.05, 4.69) is 0 Å². The minimum absolute atomic E-state index is 0.269. The van der Waals surface area contributed by atoms with Gasteiger partial charge in [-0.15, -0.1) is 0 Å². The van der Waals surface area contributed by atoms with Gasteiger partial charge < -0.3 is 28.8 Å². The Kier molecular flexibility index (Phi) is 4.41. The fourth-order valence-electron chi connectivity index (χ4n) is 3.74. The van der Waals surface area contributed by atoms with Crippen LogP contribution in [0.1, 0.15) is 18.8 Å². The average Bonchev–Trinajstić information content (AvgIpc) is 3.36. The molecule has 7 heteroatoms. The molecule has 0 spiro atoms. The van der Waals surface area contributed by atoms with E-state index in [0.29, 0.717) is 13.2 Å². The van der Waals surface area contributed by atoms with Crippen molar-refractivity contribution in [1.29, 1.82) is 0 Å². The van der Waals surface area contributed by atoms with Crippen molar-refractivity contribution in [2.45, 2.75) is 37.6 Å². The molecule has 3 unspecified atom stereocenters. The first-order valence-corrected chi connectivity index (χ1v) is 8.55. The predicted molar refractivity (Wildman–Crippen MR) is 84.8 cm³/mol. The van der Waals surface area contributed by atoms with Crippen molar-refractivity contribution in [3.8, 4) is 5.75 Å². The molecule has 2 heterocycles. The summed E-state index contributed by atoms with van der Waals surface area (Å²) in [4.78, 5) is 12.0. The Morgan fingerprint density at radius 3 is 2.68 bits per heavy atom. The molecule has 0 amide bonds. The number of fused-ring (bicyclic) bond motifs is 2. The second-order valence-electron chi connectivity index (χ2n) is 6.52. The van der Waals surface area contributed by atoms with Gasteiger partial charge in [0.05, 0.1) is 38.4 Å². The molecule has 1 aromatic carbocycles. The average molecular weight is 350 g/mol. The van der Waals surface area contributed by atoms with Gasteiger partial charge in [0.2, 0.25) is 0 Å². The van der Waals surface area contributed by atoms with Crippen LogP contribution in [0, 0.1) is 11.8 Å². The zero-order valence-corrected chi connectivity index (χ0v) is 14.2. The molecule has 3 fully saturated rings. The minimum Gasteiger partial charge on any atom is -0.497 e. The molecule has 1 aromatic rings. The number of hydrogen-bond donors (Lipinski definition) is 1. The minimum atomic E-state index is -0.775. The maximum absolute atomic E-state index is 12.0. The summed E-state index contributed by atoms with van der Waals surface area (Å²) in [5, 5.41) is 10.7. The largest absolute Gasteiger partial charge is 0.497 e. The summed E-state index contributed by atoms with van der Waals surface area (Å²) < 4.78 is 27.8. The second kappa shape index (κ2) is 6.57. The van der Waals surface area contributed by atoms with E-state index in [-0.39, 0.29) is 24.1 Å². The summed E-state index contributed by atoms with van der Waals surface area (Å²) >= 11 is 0. The Hall–Kier alpha value is -1.67. The maximum atomic E-state index is 12.0. The highest BCUT2D eigenvalue weighted by molar-refractivity contribution is 5.77. The van der Waals surface area contributed by atoms with E-state index in [4.69, 9.17) is 23.7 Å².